The van der Waals surface area contributed by atoms with E-state index >= 15 is 0 Å². The first kappa shape index (κ1) is 24.5. The molecule has 0 radical (unpaired) electrons. The molecule has 0 aromatic rings. The van der Waals surface area contributed by atoms with E-state index in [-0.39, 0.29) is 17.4 Å². The number of ether oxygens (including phenoxy) is 2. The first-order chi connectivity index (χ1) is 14.6. The van der Waals surface area contributed by atoms with Crippen LogP contribution in [0.15, 0.2) is 0 Å². The van der Waals surface area contributed by atoms with E-state index in [1.54, 1.807) is 0 Å². The van der Waals surface area contributed by atoms with Crippen molar-refractivity contribution in [3.8, 4) is 0 Å². The molecule has 1 aliphatic carbocycles. The Morgan fingerprint density at radius 2 is 1.10 bits per heavy atom. The number of nitrogens with two attached hydrogens (primary N) is 2. The second kappa shape index (κ2) is 10.2. The van der Waals surface area contributed by atoms with E-state index in [2.05, 4.69) is 38.3 Å². The van der Waals surface area contributed by atoms with Crippen molar-refractivity contribution in [2.75, 3.05) is 26.2 Å². The van der Waals surface area contributed by atoms with Gasteiger partial charge in [-0.3, -0.25) is 9.59 Å². The largest absolute Gasteiger partial charge is 0.459 e. The maximum atomic E-state index is 13.0. The van der Waals surface area contributed by atoms with Gasteiger partial charge in [0.1, 0.15) is 11.2 Å². The van der Waals surface area contributed by atoms with Crippen LogP contribution in [0.5, 0.6) is 0 Å². The Labute approximate surface area is 188 Å². The molecule has 0 aromatic carbocycles. The summed E-state index contributed by atoms with van der Waals surface area (Å²) in [5.74, 6) is 0.548. The number of rotatable bonds is 8. The minimum absolute atomic E-state index is 0.142. The van der Waals surface area contributed by atoms with E-state index in [0.29, 0.717) is 24.7 Å². The minimum atomic E-state index is -0.439. The van der Waals surface area contributed by atoms with Crippen LogP contribution in [0.2, 0.25) is 0 Å². The molecule has 178 valence electrons. The van der Waals surface area contributed by atoms with Crippen LogP contribution in [0.3, 0.4) is 0 Å². The lowest BCUT2D eigenvalue weighted by molar-refractivity contribution is -0.666. The van der Waals surface area contributed by atoms with E-state index < -0.39 is 11.2 Å². The van der Waals surface area contributed by atoms with E-state index in [1.807, 2.05) is 0 Å². The predicted molar refractivity (Wildman–Crippen MR) is 119 cm³/mol. The highest BCUT2D eigenvalue weighted by Crippen LogP contribution is 2.45. The second-order valence-corrected chi connectivity index (χ2v) is 11.5. The quantitative estimate of drug-likeness (QED) is 0.567. The molecule has 4 N–H and O–H groups in total. The molecular formula is C25H46N2O4+2. The zero-order valence-corrected chi connectivity index (χ0v) is 20.3. The molecule has 0 unspecified atom stereocenters. The molecule has 2 heterocycles. The van der Waals surface area contributed by atoms with Crippen LogP contribution in [0, 0.1) is 17.3 Å². The maximum Gasteiger partial charge on any atom is 0.306 e. The van der Waals surface area contributed by atoms with Crippen molar-refractivity contribution in [1.82, 2.24) is 0 Å². The Kier molecular flexibility index (Phi) is 8.06. The fourth-order valence-electron chi connectivity index (χ4n) is 6.22. The van der Waals surface area contributed by atoms with Gasteiger partial charge in [-0.2, -0.15) is 0 Å². The topological polar surface area (TPSA) is 85.8 Å². The van der Waals surface area contributed by atoms with Gasteiger partial charge >= 0.3 is 11.9 Å². The van der Waals surface area contributed by atoms with Gasteiger partial charge < -0.3 is 20.1 Å². The zero-order chi connectivity index (χ0) is 22.5. The van der Waals surface area contributed by atoms with Gasteiger partial charge in [-0.1, -0.05) is 12.8 Å². The van der Waals surface area contributed by atoms with Gasteiger partial charge in [-0.15, -0.1) is 0 Å². The van der Waals surface area contributed by atoms with Crippen molar-refractivity contribution in [1.29, 1.82) is 0 Å². The van der Waals surface area contributed by atoms with Crippen molar-refractivity contribution in [3.05, 3.63) is 0 Å². The summed E-state index contributed by atoms with van der Waals surface area (Å²) in [6.07, 6.45) is 9.00. The van der Waals surface area contributed by atoms with Crippen LogP contribution in [0.1, 0.15) is 91.9 Å². The summed E-state index contributed by atoms with van der Waals surface area (Å²) in [6, 6.07) is 0. The van der Waals surface area contributed by atoms with Crippen LogP contribution in [-0.2, 0) is 19.1 Å². The number of piperidine rings is 2. The lowest BCUT2D eigenvalue weighted by Crippen LogP contribution is -2.86. The van der Waals surface area contributed by atoms with E-state index in [1.165, 1.54) is 0 Å². The first-order valence-corrected chi connectivity index (χ1v) is 12.7. The van der Waals surface area contributed by atoms with Crippen LogP contribution >= 0.6 is 0 Å². The molecule has 1 saturated carbocycles. The molecule has 0 atom stereocenters. The second-order valence-electron chi connectivity index (χ2n) is 11.5. The molecule has 0 amide bonds. The first-order valence-electron chi connectivity index (χ1n) is 12.7. The Balaban J connectivity index is 1.57. The molecule has 0 bridgehead atoms. The predicted octanol–water partition coefficient (Wildman–Crippen LogP) is 1.92. The monoisotopic (exact) mass is 438 g/mol. The molecular weight excluding hydrogens is 392 g/mol. The summed E-state index contributed by atoms with van der Waals surface area (Å²) in [5, 5.41) is 4.67. The van der Waals surface area contributed by atoms with Crippen LogP contribution < -0.4 is 10.6 Å². The Morgan fingerprint density at radius 3 is 1.45 bits per heavy atom. The number of carbonyl (C=O) groups excluding carboxylic acids is 2. The van der Waals surface area contributed by atoms with Gasteiger partial charge in [0.2, 0.25) is 0 Å². The molecule has 2 saturated heterocycles. The highest BCUT2D eigenvalue weighted by molar-refractivity contribution is 5.75. The highest BCUT2D eigenvalue weighted by Gasteiger charge is 2.43. The molecule has 3 aliphatic rings. The third-order valence-electron chi connectivity index (χ3n) is 8.30. The van der Waals surface area contributed by atoms with Crippen LogP contribution in [0.4, 0.5) is 0 Å². The molecule has 31 heavy (non-hydrogen) atoms. The van der Waals surface area contributed by atoms with Crippen molar-refractivity contribution in [3.63, 3.8) is 0 Å². The summed E-state index contributed by atoms with van der Waals surface area (Å²) < 4.78 is 12.1. The average Bonchev–Trinajstić information content (AvgIpc) is 3.15. The zero-order valence-electron chi connectivity index (χ0n) is 20.3. The fraction of sp³-hybridized carbons (Fsp3) is 0.920. The van der Waals surface area contributed by atoms with Crippen LogP contribution in [0.25, 0.3) is 0 Å². The summed E-state index contributed by atoms with van der Waals surface area (Å²) in [5.41, 5.74) is -1.17. The van der Waals surface area contributed by atoms with Gasteiger partial charge in [0, 0.05) is 37.5 Å². The third kappa shape index (κ3) is 6.67. The third-order valence-corrected chi connectivity index (χ3v) is 8.30. The van der Waals surface area contributed by atoms with E-state index in [4.69, 9.17) is 9.47 Å². The molecule has 2 aliphatic heterocycles. The normalized spacial score (nSPS) is 23.5. The van der Waals surface area contributed by atoms with Gasteiger partial charge in [-0.25, -0.2) is 0 Å². The van der Waals surface area contributed by atoms with Crippen molar-refractivity contribution in [2.24, 2.45) is 17.3 Å². The summed E-state index contributed by atoms with van der Waals surface area (Å²) in [7, 11) is 0. The smallest absolute Gasteiger partial charge is 0.306 e. The molecule has 0 aromatic heterocycles. The standard InChI is InChI=1S/C25H44N2O4/c1-23(2,19-7-13-26-14-8-19)30-21(28)17-25(11-5-6-12-25)18-22(29)31-24(3,4)20-9-15-27-16-10-20/h19-20,26-27H,5-18H2,1-4H3/p+2. The van der Waals surface area contributed by atoms with Gasteiger partial charge in [0.15, 0.2) is 0 Å². The van der Waals surface area contributed by atoms with E-state index in [0.717, 1.165) is 77.5 Å². The molecule has 6 nitrogen and oxygen atoms in total. The number of esters is 2. The van der Waals surface area contributed by atoms with Crippen molar-refractivity contribution < 1.29 is 29.7 Å². The summed E-state index contributed by atoms with van der Waals surface area (Å²) in [4.78, 5) is 26.0. The molecule has 3 fully saturated rings. The number of quaternary nitrogens is 2. The number of hydrogen-bond acceptors (Lipinski definition) is 4. The highest BCUT2D eigenvalue weighted by atomic mass is 16.6. The Morgan fingerprint density at radius 1 is 0.742 bits per heavy atom. The van der Waals surface area contributed by atoms with Gasteiger partial charge in [-0.05, 0) is 46.0 Å². The summed E-state index contributed by atoms with van der Waals surface area (Å²) >= 11 is 0. The molecule has 0 spiro atoms. The maximum absolute atomic E-state index is 13.0. The molecule has 6 heteroatoms. The van der Waals surface area contributed by atoms with Crippen molar-refractivity contribution in [2.45, 2.75) is 103 Å². The van der Waals surface area contributed by atoms with Gasteiger partial charge in [0.25, 0.3) is 0 Å². The SMILES string of the molecule is CC(C)(OC(=O)CC1(CC(=O)OC(C)(C)C2CC[NH2+]CC2)CCCC1)C1CC[NH2+]CC1. The van der Waals surface area contributed by atoms with E-state index in [9.17, 15) is 9.59 Å². The Hall–Kier alpha value is -1.14. The Bertz CT molecular complexity index is 565. The van der Waals surface area contributed by atoms with Gasteiger partial charge in [0.05, 0.1) is 39.0 Å². The average molecular weight is 439 g/mol. The minimum Gasteiger partial charge on any atom is -0.459 e. The molecule has 3 rings (SSSR count). The van der Waals surface area contributed by atoms with Crippen LogP contribution in [-0.4, -0.2) is 49.3 Å². The lowest BCUT2D eigenvalue weighted by atomic mass is 9.78. The summed E-state index contributed by atoms with van der Waals surface area (Å²) in [6.45, 7) is 12.7. The fourth-order valence-corrected chi connectivity index (χ4v) is 6.22. The lowest BCUT2D eigenvalue weighted by Gasteiger charge is -2.38. The number of carbonyl (C=O) groups is 2. The number of hydrogen-bond donors (Lipinski definition) is 2. The van der Waals surface area contributed by atoms with Crippen molar-refractivity contribution >= 4 is 11.9 Å².